The monoisotopic (exact) mass is 602 g/mol. The van der Waals surface area contributed by atoms with Crippen LogP contribution >= 0.6 is 23.5 Å². The van der Waals surface area contributed by atoms with Crippen molar-refractivity contribution in [1.29, 1.82) is 0 Å². The molecule has 0 saturated carbocycles. The number of aliphatic carboxylic acids is 1. The number of hydrogen-bond donors (Lipinski definition) is 2. The molecule has 0 aliphatic rings. The molecule has 2 aromatic rings. The quantitative estimate of drug-likeness (QED) is 0.107. The van der Waals surface area contributed by atoms with Crippen molar-refractivity contribution in [3.63, 3.8) is 0 Å². The molecule has 0 spiro atoms. The first-order valence-corrected chi connectivity index (χ1v) is 15.7. The summed E-state index contributed by atoms with van der Waals surface area (Å²) in [7, 11) is 0. The molecule has 0 atom stereocenters. The van der Waals surface area contributed by atoms with Crippen molar-refractivity contribution in [2.24, 2.45) is 0 Å². The first-order chi connectivity index (χ1) is 18.2. The average Bonchev–Trinajstić information content (AvgIpc) is 2.71. The van der Waals surface area contributed by atoms with Gasteiger partial charge in [-0.25, -0.2) is 0 Å². The summed E-state index contributed by atoms with van der Waals surface area (Å²) >= 11 is 3.50. The maximum Gasteiger partial charge on any atom is 0.322 e. The number of phenols is 1. The topological polar surface area (TPSA) is 83.8 Å². The van der Waals surface area contributed by atoms with Crippen LogP contribution in [-0.2, 0) is 31.2 Å². The van der Waals surface area contributed by atoms with Crippen molar-refractivity contribution >= 4 is 35.5 Å². The summed E-state index contributed by atoms with van der Waals surface area (Å²) in [5, 5.41) is 20.3. The van der Waals surface area contributed by atoms with Crippen LogP contribution in [0.25, 0.3) is 0 Å². The first-order valence-electron chi connectivity index (χ1n) is 14.1. The van der Waals surface area contributed by atoms with Crippen LogP contribution in [-0.4, -0.2) is 26.2 Å². The standard InChI is InChI=1S/C34H50O5S2/c1-30(2,3)22-15-20(16-23(28(22)38)31(4,5)6)40-34(13,14)41-21-17-24(32(7,8)9)29(25(18-21)33(10,11)12)39-27(37)19-26(35)36/h15-18,38H,19H2,1-14H3,(H,35,36). The summed E-state index contributed by atoms with van der Waals surface area (Å²) < 4.78 is 5.48. The van der Waals surface area contributed by atoms with Crippen molar-refractivity contribution in [3.8, 4) is 11.5 Å². The van der Waals surface area contributed by atoms with Gasteiger partial charge in [0.1, 0.15) is 17.9 Å². The van der Waals surface area contributed by atoms with Crippen LogP contribution in [0.4, 0.5) is 0 Å². The van der Waals surface area contributed by atoms with E-state index in [-0.39, 0.29) is 25.7 Å². The fraction of sp³-hybridized carbons (Fsp3) is 0.588. The van der Waals surface area contributed by atoms with Gasteiger partial charge < -0.3 is 14.9 Å². The Morgan fingerprint density at radius 2 is 0.951 bits per heavy atom. The van der Waals surface area contributed by atoms with Crippen LogP contribution in [0, 0.1) is 0 Å². The summed E-state index contributed by atoms with van der Waals surface area (Å²) in [6.45, 7) is 29.5. The molecule has 0 amide bonds. The Balaban J connectivity index is 2.64. The first kappa shape index (κ1) is 35.1. The summed E-state index contributed by atoms with van der Waals surface area (Å²) in [5.41, 5.74) is 2.46. The Bertz CT molecular complexity index is 1230. The van der Waals surface area contributed by atoms with E-state index < -0.39 is 18.4 Å². The number of ether oxygens (including phenoxy) is 1. The van der Waals surface area contributed by atoms with Gasteiger partial charge in [-0.15, -0.1) is 23.5 Å². The lowest BCUT2D eigenvalue weighted by Crippen LogP contribution is -2.23. The molecule has 0 aliphatic carbocycles. The van der Waals surface area contributed by atoms with Crippen LogP contribution in [0.5, 0.6) is 11.5 Å². The minimum absolute atomic E-state index is 0.213. The zero-order chi connectivity index (χ0) is 31.9. The summed E-state index contributed by atoms with van der Waals surface area (Å²) in [5.74, 6) is -1.16. The molecule has 0 saturated heterocycles. The minimum atomic E-state index is -1.21. The zero-order valence-corrected chi connectivity index (χ0v) is 29.1. The van der Waals surface area contributed by atoms with Gasteiger partial charge in [0.05, 0.1) is 4.08 Å². The molecule has 5 nitrogen and oxygen atoms in total. The van der Waals surface area contributed by atoms with E-state index in [2.05, 4.69) is 121 Å². The van der Waals surface area contributed by atoms with Gasteiger partial charge in [-0.05, 0) is 59.8 Å². The zero-order valence-electron chi connectivity index (χ0n) is 27.5. The molecule has 2 N–H and O–H groups in total. The van der Waals surface area contributed by atoms with E-state index in [1.54, 1.807) is 23.5 Å². The van der Waals surface area contributed by atoms with Gasteiger partial charge in [-0.3, -0.25) is 9.59 Å². The van der Waals surface area contributed by atoms with Gasteiger partial charge in [-0.2, -0.15) is 0 Å². The molecule has 0 radical (unpaired) electrons. The van der Waals surface area contributed by atoms with Gasteiger partial charge in [-0.1, -0.05) is 83.1 Å². The SMILES string of the molecule is CC(C)(Sc1cc(C(C)(C)C)c(O)c(C(C)(C)C)c1)Sc1cc(C(C)(C)C)c(OC(=O)CC(=O)O)c(C(C)(C)C)c1. The molecular formula is C34H50O5S2. The Morgan fingerprint density at radius 1 is 0.634 bits per heavy atom. The van der Waals surface area contributed by atoms with Crippen LogP contribution < -0.4 is 4.74 Å². The second kappa shape index (κ2) is 11.9. The maximum atomic E-state index is 12.5. The van der Waals surface area contributed by atoms with Gasteiger partial charge >= 0.3 is 11.9 Å². The number of carbonyl (C=O) groups is 2. The van der Waals surface area contributed by atoms with Crippen LogP contribution in [0.2, 0.25) is 0 Å². The van der Waals surface area contributed by atoms with Crippen LogP contribution in [0.1, 0.15) is 126 Å². The highest BCUT2D eigenvalue weighted by atomic mass is 32.2. The smallest absolute Gasteiger partial charge is 0.322 e. The highest BCUT2D eigenvalue weighted by Crippen LogP contribution is 2.51. The molecule has 2 aromatic carbocycles. The Morgan fingerprint density at radius 3 is 1.24 bits per heavy atom. The summed E-state index contributed by atoms with van der Waals surface area (Å²) in [6.07, 6.45) is -0.687. The number of carboxylic acid groups (broad SMARTS) is 1. The molecule has 2 rings (SSSR count). The lowest BCUT2D eigenvalue weighted by Gasteiger charge is -2.32. The highest BCUT2D eigenvalue weighted by molar-refractivity contribution is 8.18. The number of benzene rings is 2. The van der Waals surface area contributed by atoms with Crippen molar-refractivity contribution in [3.05, 3.63) is 46.5 Å². The molecule has 0 heterocycles. The molecule has 0 bridgehead atoms. The van der Waals surface area contributed by atoms with Gasteiger partial charge in [0, 0.05) is 32.0 Å². The van der Waals surface area contributed by atoms with E-state index in [1.807, 2.05) is 0 Å². The van der Waals surface area contributed by atoms with E-state index >= 15 is 0 Å². The van der Waals surface area contributed by atoms with Crippen molar-refractivity contribution in [2.45, 2.75) is 139 Å². The van der Waals surface area contributed by atoms with E-state index in [4.69, 9.17) is 9.84 Å². The molecular weight excluding hydrogens is 553 g/mol. The van der Waals surface area contributed by atoms with Gasteiger partial charge in [0.25, 0.3) is 0 Å². The van der Waals surface area contributed by atoms with E-state index in [0.717, 1.165) is 32.0 Å². The molecule has 0 fully saturated rings. The lowest BCUT2D eigenvalue weighted by atomic mass is 9.79. The Labute approximate surface area is 256 Å². The number of hydrogen-bond acceptors (Lipinski definition) is 6. The fourth-order valence-electron chi connectivity index (χ4n) is 4.56. The third-order valence-electron chi connectivity index (χ3n) is 6.62. The molecule has 7 heteroatoms. The molecule has 0 unspecified atom stereocenters. The predicted molar refractivity (Wildman–Crippen MR) is 173 cm³/mol. The van der Waals surface area contributed by atoms with E-state index in [0.29, 0.717) is 11.5 Å². The normalized spacial score (nSPS) is 13.3. The molecule has 0 aromatic heterocycles. The Hall–Kier alpha value is -2.12. The van der Waals surface area contributed by atoms with E-state index in [9.17, 15) is 14.7 Å². The third-order valence-corrected chi connectivity index (χ3v) is 9.04. The third kappa shape index (κ3) is 9.44. The van der Waals surface area contributed by atoms with Crippen LogP contribution in [0.3, 0.4) is 0 Å². The van der Waals surface area contributed by atoms with Crippen molar-refractivity contribution in [1.82, 2.24) is 0 Å². The maximum absolute atomic E-state index is 12.5. The van der Waals surface area contributed by atoms with Gasteiger partial charge in [0.2, 0.25) is 0 Å². The number of rotatable bonds is 7. The predicted octanol–water partition coefficient (Wildman–Crippen LogP) is 9.58. The average molecular weight is 603 g/mol. The largest absolute Gasteiger partial charge is 0.507 e. The molecule has 0 aliphatic heterocycles. The Kier molecular flexibility index (Phi) is 10.2. The highest BCUT2D eigenvalue weighted by Gasteiger charge is 2.33. The lowest BCUT2D eigenvalue weighted by molar-refractivity contribution is -0.145. The molecule has 41 heavy (non-hydrogen) atoms. The fourth-order valence-corrected chi connectivity index (χ4v) is 7.14. The van der Waals surface area contributed by atoms with Crippen LogP contribution in [0.15, 0.2) is 34.1 Å². The molecule has 228 valence electrons. The number of carboxylic acids is 1. The van der Waals surface area contributed by atoms with Crippen molar-refractivity contribution in [2.75, 3.05) is 0 Å². The summed E-state index contributed by atoms with van der Waals surface area (Å²) in [6, 6.07) is 8.38. The van der Waals surface area contributed by atoms with Gasteiger partial charge in [0.15, 0.2) is 0 Å². The van der Waals surface area contributed by atoms with Crippen molar-refractivity contribution < 1.29 is 24.5 Å². The number of thioether (sulfide) groups is 2. The second-order valence-electron chi connectivity index (χ2n) is 15.4. The number of aromatic hydroxyl groups is 1. The number of carbonyl (C=O) groups excluding carboxylic acids is 1. The van der Waals surface area contributed by atoms with E-state index in [1.165, 1.54) is 0 Å². The summed E-state index contributed by atoms with van der Waals surface area (Å²) in [4.78, 5) is 25.8. The second-order valence-corrected chi connectivity index (χ2v) is 19.0. The minimum Gasteiger partial charge on any atom is -0.507 e. The number of phenolic OH excluding ortho intramolecular Hbond substituents is 1. The number of esters is 1.